The van der Waals surface area contributed by atoms with Gasteiger partial charge in [-0.3, -0.25) is 4.79 Å². The van der Waals surface area contributed by atoms with Gasteiger partial charge in [0.1, 0.15) is 5.75 Å². The number of piperidine rings is 1. The maximum atomic E-state index is 10.7. The molecule has 0 unspecified atom stereocenters. The zero-order chi connectivity index (χ0) is 14.4. The molecule has 1 aromatic rings. The van der Waals surface area contributed by atoms with E-state index in [4.69, 9.17) is 9.84 Å². The molecule has 1 saturated heterocycles. The molecular weight excluding hydrogens is 266 g/mol. The highest BCUT2D eigenvalue weighted by molar-refractivity contribution is 5.70. The maximum absolute atomic E-state index is 10.7. The molecule has 0 aromatic heterocycles. The van der Waals surface area contributed by atoms with E-state index in [9.17, 15) is 4.79 Å². The third-order valence-corrected chi connectivity index (χ3v) is 3.89. The summed E-state index contributed by atoms with van der Waals surface area (Å²) in [4.78, 5) is 13.1. The normalized spacial score (nSPS) is 16.2. The van der Waals surface area contributed by atoms with E-state index in [2.05, 4.69) is 11.9 Å². The monoisotopic (exact) mass is 293 g/mol. The van der Waals surface area contributed by atoms with Gasteiger partial charge in [0, 0.05) is 0 Å². The van der Waals surface area contributed by atoms with Crippen LogP contribution in [-0.4, -0.2) is 42.7 Å². The van der Waals surface area contributed by atoms with Crippen LogP contribution in [0.5, 0.6) is 5.75 Å². The van der Waals surface area contributed by atoms with Crippen molar-refractivity contribution in [3.8, 4) is 5.75 Å². The number of benzene rings is 1. The van der Waals surface area contributed by atoms with Crippen LogP contribution in [0, 0.1) is 5.92 Å². The molecule has 0 saturated carbocycles. The number of ether oxygens (including phenoxy) is 1. The van der Waals surface area contributed by atoms with Crippen LogP contribution in [0.15, 0.2) is 24.3 Å². The number of carbonyl (C=O) groups is 1. The van der Waals surface area contributed by atoms with Crippen molar-refractivity contribution in [2.24, 2.45) is 5.92 Å². The molecule has 0 radical (unpaired) electrons. The highest BCUT2D eigenvalue weighted by Gasteiger charge is 2.16. The predicted octanol–water partition coefficient (Wildman–Crippen LogP) is 3.06. The van der Waals surface area contributed by atoms with Crippen molar-refractivity contribution >= 4 is 5.97 Å². The first kappa shape index (κ1) is 17.5. The van der Waals surface area contributed by atoms with E-state index in [0.717, 1.165) is 23.7 Å². The van der Waals surface area contributed by atoms with Crippen molar-refractivity contribution in [2.45, 2.75) is 33.1 Å². The molecule has 1 fully saturated rings. The van der Waals surface area contributed by atoms with Gasteiger partial charge >= 0.3 is 5.97 Å². The van der Waals surface area contributed by atoms with Gasteiger partial charge in [-0.15, -0.1) is 0 Å². The number of likely N-dealkylation sites (tertiary alicyclic amines) is 1. The Hall–Kier alpha value is -1.55. The Kier molecular flexibility index (Phi) is 7.23. The average Bonchev–Trinajstić information content (AvgIpc) is 2.41. The van der Waals surface area contributed by atoms with Crippen LogP contribution >= 0.6 is 0 Å². The fraction of sp³-hybridized carbons (Fsp3) is 0.588. The number of aliphatic carboxylic acids is 1. The summed E-state index contributed by atoms with van der Waals surface area (Å²) in [6.07, 6.45) is 3.63. The molecule has 0 spiro atoms. The fourth-order valence-electron chi connectivity index (χ4n) is 2.61. The Bertz CT molecular complexity index is 439. The minimum Gasteiger partial charge on any atom is -0.494 e. The lowest BCUT2D eigenvalue weighted by molar-refractivity contribution is -0.136. The zero-order valence-corrected chi connectivity index (χ0v) is 12.0. The first-order chi connectivity index (χ1) is 9.63. The minimum atomic E-state index is -0.812. The van der Waals surface area contributed by atoms with Crippen molar-refractivity contribution in [3.05, 3.63) is 29.8 Å². The van der Waals surface area contributed by atoms with Crippen LogP contribution in [-0.2, 0) is 11.2 Å². The van der Waals surface area contributed by atoms with Gasteiger partial charge in [-0.05, 0) is 63.0 Å². The molecule has 2 rings (SSSR count). The van der Waals surface area contributed by atoms with Crippen LogP contribution in [0.4, 0.5) is 0 Å². The number of nitrogens with zero attached hydrogens (tertiary/aromatic N) is 1. The second-order valence-electron chi connectivity index (χ2n) is 5.60. The zero-order valence-electron chi connectivity index (χ0n) is 12.0. The predicted molar refractivity (Wildman–Crippen MR) is 84.8 cm³/mol. The summed E-state index contributed by atoms with van der Waals surface area (Å²) in [5.74, 6) is 0.721. The fourth-order valence-corrected chi connectivity index (χ4v) is 2.61. The van der Waals surface area contributed by atoms with Gasteiger partial charge in [0.2, 0.25) is 0 Å². The summed E-state index contributed by atoms with van der Waals surface area (Å²) in [7, 11) is 2.17. The summed E-state index contributed by atoms with van der Waals surface area (Å²) >= 11 is 0. The Morgan fingerprint density at radius 3 is 2.76 bits per heavy atom. The van der Waals surface area contributed by atoms with Crippen LogP contribution in [0.1, 0.15) is 32.3 Å². The van der Waals surface area contributed by atoms with Crippen molar-refractivity contribution in [2.75, 3.05) is 26.7 Å². The molecule has 4 nitrogen and oxygen atoms in total. The molecular formula is C17H27NO3. The highest BCUT2D eigenvalue weighted by Crippen LogP contribution is 2.20. The van der Waals surface area contributed by atoms with Gasteiger partial charge in [-0.25, -0.2) is 0 Å². The summed E-state index contributed by atoms with van der Waals surface area (Å²) in [5, 5.41) is 8.78. The number of carboxylic acid groups (broad SMARTS) is 1. The van der Waals surface area contributed by atoms with E-state index in [1.54, 1.807) is 0 Å². The number of carboxylic acids is 1. The molecule has 1 N–H and O–H groups in total. The topological polar surface area (TPSA) is 49.8 Å². The first-order valence-corrected chi connectivity index (χ1v) is 7.25. The quantitative estimate of drug-likeness (QED) is 0.876. The maximum Gasteiger partial charge on any atom is 0.307 e. The van der Waals surface area contributed by atoms with Crippen LogP contribution < -0.4 is 4.74 Å². The lowest BCUT2D eigenvalue weighted by Gasteiger charge is -2.28. The average molecular weight is 293 g/mol. The summed E-state index contributed by atoms with van der Waals surface area (Å²) < 4.78 is 5.75. The number of hydrogen-bond donors (Lipinski definition) is 1. The Morgan fingerprint density at radius 1 is 1.38 bits per heavy atom. The molecule has 1 aliphatic rings. The summed E-state index contributed by atoms with van der Waals surface area (Å²) in [6.45, 7) is 3.07. The summed E-state index contributed by atoms with van der Waals surface area (Å²) in [5.41, 5.74) is 0.786. The third-order valence-electron chi connectivity index (χ3n) is 3.89. The van der Waals surface area contributed by atoms with Crippen molar-refractivity contribution < 1.29 is 14.6 Å². The van der Waals surface area contributed by atoms with E-state index in [-0.39, 0.29) is 13.8 Å². The van der Waals surface area contributed by atoms with E-state index in [1.165, 1.54) is 25.9 Å². The van der Waals surface area contributed by atoms with Crippen molar-refractivity contribution in [1.82, 2.24) is 4.90 Å². The van der Waals surface area contributed by atoms with Crippen molar-refractivity contribution in [3.63, 3.8) is 0 Å². The molecule has 0 atom stereocenters. The molecule has 0 amide bonds. The van der Waals surface area contributed by atoms with Crippen molar-refractivity contribution in [1.29, 1.82) is 0 Å². The van der Waals surface area contributed by atoms with Gasteiger partial charge < -0.3 is 14.7 Å². The van der Waals surface area contributed by atoms with Gasteiger partial charge in [-0.1, -0.05) is 19.6 Å². The van der Waals surface area contributed by atoms with Gasteiger partial charge in [0.15, 0.2) is 0 Å². The first-order valence-electron chi connectivity index (χ1n) is 7.25. The number of rotatable bonds is 6. The van der Waals surface area contributed by atoms with E-state index in [1.807, 2.05) is 24.3 Å². The van der Waals surface area contributed by atoms with Crippen LogP contribution in [0.2, 0.25) is 0 Å². The number of hydrogen-bond acceptors (Lipinski definition) is 3. The Morgan fingerprint density at radius 2 is 2.10 bits per heavy atom. The van der Waals surface area contributed by atoms with Gasteiger partial charge in [-0.2, -0.15) is 0 Å². The SMILES string of the molecule is C.CN1CCC(CCOc2cccc(CC(=O)O)c2)CC1. The van der Waals surface area contributed by atoms with Gasteiger partial charge in [0.05, 0.1) is 13.0 Å². The lowest BCUT2D eigenvalue weighted by Crippen LogP contribution is -2.30. The molecule has 21 heavy (non-hydrogen) atoms. The molecule has 4 heteroatoms. The van der Waals surface area contributed by atoms with Gasteiger partial charge in [0.25, 0.3) is 0 Å². The molecule has 0 bridgehead atoms. The van der Waals surface area contributed by atoms with Crippen LogP contribution in [0.3, 0.4) is 0 Å². The molecule has 118 valence electrons. The largest absolute Gasteiger partial charge is 0.494 e. The smallest absolute Gasteiger partial charge is 0.307 e. The third kappa shape index (κ3) is 6.17. The molecule has 1 heterocycles. The Balaban J connectivity index is 0.00000220. The second-order valence-corrected chi connectivity index (χ2v) is 5.60. The van der Waals surface area contributed by atoms with E-state index >= 15 is 0 Å². The van der Waals surface area contributed by atoms with E-state index < -0.39 is 5.97 Å². The second kappa shape index (κ2) is 8.67. The lowest BCUT2D eigenvalue weighted by atomic mass is 9.94. The summed E-state index contributed by atoms with van der Waals surface area (Å²) in [6, 6.07) is 7.38. The highest BCUT2D eigenvalue weighted by atomic mass is 16.5. The standard InChI is InChI=1S/C16H23NO3.CH4/c1-17-8-5-13(6-9-17)7-10-20-15-4-2-3-14(11-15)12-16(18)19;/h2-4,11,13H,5-10,12H2,1H3,(H,18,19);1H4. The minimum absolute atomic E-state index is 0. The molecule has 1 aromatic carbocycles. The van der Waals surface area contributed by atoms with Crippen LogP contribution in [0.25, 0.3) is 0 Å². The molecule has 1 aliphatic heterocycles. The Labute approximate surface area is 127 Å². The van der Waals surface area contributed by atoms with E-state index in [0.29, 0.717) is 6.61 Å². The molecule has 0 aliphatic carbocycles.